The molecule has 0 fully saturated rings. The highest BCUT2D eigenvalue weighted by atomic mass is 32.1. The highest BCUT2D eigenvalue weighted by Crippen LogP contribution is 2.12. The number of thiol groups is 1. The van der Waals surface area contributed by atoms with Gasteiger partial charge >= 0.3 is 5.97 Å². The van der Waals surface area contributed by atoms with Gasteiger partial charge in [0.25, 0.3) is 0 Å². The van der Waals surface area contributed by atoms with Gasteiger partial charge in [0.2, 0.25) is 0 Å². The van der Waals surface area contributed by atoms with Crippen molar-refractivity contribution in [2.45, 2.75) is 110 Å². The van der Waals surface area contributed by atoms with Crippen LogP contribution >= 0.6 is 12.6 Å². The van der Waals surface area contributed by atoms with Gasteiger partial charge in [0.1, 0.15) is 6.04 Å². The summed E-state index contributed by atoms with van der Waals surface area (Å²) in [5, 5.41) is 8.01. The lowest BCUT2D eigenvalue weighted by Gasteiger charge is -2.02. The van der Waals surface area contributed by atoms with Crippen molar-refractivity contribution >= 4 is 18.6 Å². The van der Waals surface area contributed by atoms with Crippen molar-refractivity contribution in [1.82, 2.24) is 0 Å². The molecule has 0 saturated carbocycles. The van der Waals surface area contributed by atoms with Crippen LogP contribution in [0.5, 0.6) is 0 Å². The minimum Gasteiger partial charge on any atom is -0.480 e. The minimum absolute atomic E-state index is 0.190. The molecule has 1 unspecified atom stereocenters. The molecule has 0 saturated heterocycles. The first-order valence-corrected chi connectivity index (χ1v) is 10.3. The zero-order chi connectivity index (χ0) is 17.8. The van der Waals surface area contributed by atoms with Crippen molar-refractivity contribution in [3.63, 3.8) is 0 Å². The second-order valence-corrected chi connectivity index (χ2v) is 6.74. The standard InChI is InChI=1S/C16H34.C3H7NO2S/c1-3-5-7-9-11-13-15-16-14-12-10-8-6-4-2;4-2(1-7)3(5)6/h3-16H2,1-2H3;2,7H,1,4H2,(H,5,6). The van der Waals surface area contributed by atoms with Crippen LogP contribution < -0.4 is 5.73 Å². The van der Waals surface area contributed by atoms with E-state index in [1.165, 1.54) is 89.9 Å². The fourth-order valence-corrected chi connectivity index (χ4v) is 2.50. The van der Waals surface area contributed by atoms with Gasteiger partial charge in [0.05, 0.1) is 0 Å². The van der Waals surface area contributed by atoms with Crippen molar-refractivity contribution in [1.29, 1.82) is 0 Å². The van der Waals surface area contributed by atoms with E-state index < -0.39 is 12.0 Å². The lowest BCUT2D eigenvalue weighted by Crippen LogP contribution is -2.31. The summed E-state index contributed by atoms with van der Waals surface area (Å²) in [5.41, 5.74) is 4.94. The highest BCUT2D eigenvalue weighted by Gasteiger charge is 2.06. The van der Waals surface area contributed by atoms with Crippen molar-refractivity contribution in [2.24, 2.45) is 5.73 Å². The van der Waals surface area contributed by atoms with Crippen LogP contribution in [0.1, 0.15) is 104 Å². The van der Waals surface area contributed by atoms with Gasteiger partial charge in [-0.3, -0.25) is 4.79 Å². The van der Waals surface area contributed by atoms with Crippen LogP contribution in [0.2, 0.25) is 0 Å². The maximum absolute atomic E-state index is 9.76. The molecule has 1 atom stereocenters. The minimum atomic E-state index is -1.00. The third-order valence-electron chi connectivity index (χ3n) is 3.97. The molecule has 0 heterocycles. The van der Waals surface area contributed by atoms with E-state index in [9.17, 15) is 4.79 Å². The van der Waals surface area contributed by atoms with E-state index >= 15 is 0 Å². The molecule has 0 aliphatic rings. The molecule has 23 heavy (non-hydrogen) atoms. The van der Waals surface area contributed by atoms with Crippen molar-refractivity contribution in [3.8, 4) is 0 Å². The molecular formula is C19H41NO2S. The van der Waals surface area contributed by atoms with Crippen molar-refractivity contribution in [2.75, 3.05) is 5.75 Å². The van der Waals surface area contributed by atoms with E-state index in [2.05, 4.69) is 26.5 Å². The lowest BCUT2D eigenvalue weighted by atomic mass is 10.0. The number of aliphatic carboxylic acids is 1. The molecule has 3 N–H and O–H groups in total. The van der Waals surface area contributed by atoms with Gasteiger partial charge in [-0.1, -0.05) is 104 Å². The molecule has 0 spiro atoms. The zero-order valence-electron chi connectivity index (χ0n) is 15.6. The lowest BCUT2D eigenvalue weighted by molar-refractivity contribution is -0.137. The van der Waals surface area contributed by atoms with E-state index in [-0.39, 0.29) is 5.75 Å². The molecule has 0 aromatic carbocycles. The highest BCUT2D eigenvalue weighted by molar-refractivity contribution is 7.80. The average molecular weight is 348 g/mol. The summed E-state index contributed by atoms with van der Waals surface area (Å²) in [5.74, 6) is -0.815. The van der Waals surface area contributed by atoms with Crippen molar-refractivity contribution < 1.29 is 9.90 Å². The van der Waals surface area contributed by atoms with E-state index in [1.807, 2.05) is 0 Å². The summed E-state index contributed by atoms with van der Waals surface area (Å²) in [6, 6.07) is -0.816. The van der Waals surface area contributed by atoms with Gasteiger partial charge in [-0.15, -0.1) is 0 Å². The summed E-state index contributed by atoms with van der Waals surface area (Å²) in [6.07, 6.45) is 20.4. The average Bonchev–Trinajstić information content (AvgIpc) is 2.55. The fourth-order valence-electron chi connectivity index (χ4n) is 2.35. The summed E-state index contributed by atoms with van der Waals surface area (Å²) in [6.45, 7) is 4.58. The number of carboxylic acid groups (broad SMARTS) is 1. The Bertz CT molecular complexity index is 223. The van der Waals surface area contributed by atoms with E-state index in [1.54, 1.807) is 0 Å². The summed E-state index contributed by atoms with van der Waals surface area (Å²) in [7, 11) is 0. The number of carboxylic acids is 1. The Morgan fingerprint density at radius 3 is 1.17 bits per heavy atom. The molecular weight excluding hydrogens is 306 g/mol. The Morgan fingerprint density at radius 2 is 1.04 bits per heavy atom. The van der Waals surface area contributed by atoms with Crippen molar-refractivity contribution in [3.05, 3.63) is 0 Å². The quantitative estimate of drug-likeness (QED) is 0.258. The molecule has 0 aliphatic heterocycles. The van der Waals surface area contributed by atoms with Crippen LogP contribution in [0, 0.1) is 0 Å². The molecule has 0 aromatic heterocycles. The number of carbonyl (C=O) groups is 1. The van der Waals surface area contributed by atoms with Gasteiger partial charge in [-0.25, -0.2) is 0 Å². The summed E-state index contributed by atoms with van der Waals surface area (Å²) < 4.78 is 0. The Balaban J connectivity index is 0. The predicted octanol–water partition coefficient (Wildman–Crippen LogP) is 5.82. The molecule has 4 heteroatoms. The molecule has 3 nitrogen and oxygen atoms in total. The monoisotopic (exact) mass is 347 g/mol. The molecule has 140 valence electrons. The second-order valence-electron chi connectivity index (χ2n) is 6.37. The Labute approximate surface area is 150 Å². The second kappa shape index (κ2) is 21.8. The number of hydrogen-bond donors (Lipinski definition) is 3. The Morgan fingerprint density at radius 1 is 0.783 bits per heavy atom. The normalized spacial score (nSPS) is 11.7. The number of rotatable bonds is 15. The third-order valence-corrected chi connectivity index (χ3v) is 4.36. The van der Waals surface area contributed by atoms with Gasteiger partial charge in [0.15, 0.2) is 0 Å². The SMILES string of the molecule is CCCCCCCCCCCCCCCC.NC(CS)C(=O)O. The van der Waals surface area contributed by atoms with Crippen LogP contribution in [0.3, 0.4) is 0 Å². The number of unbranched alkanes of at least 4 members (excludes halogenated alkanes) is 13. The van der Waals surface area contributed by atoms with Crippen LogP contribution in [0.4, 0.5) is 0 Å². The molecule has 0 amide bonds. The maximum atomic E-state index is 9.76. The predicted molar refractivity (Wildman–Crippen MR) is 105 cm³/mol. The van der Waals surface area contributed by atoms with Gasteiger partial charge in [0, 0.05) is 5.75 Å². The first-order valence-electron chi connectivity index (χ1n) is 9.69. The summed E-state index contributed by atoms with van der Waals surface area (Å²) in [4.78, 5) is 9.76. The first kappa shape index (κ1) is 25.0. The van der Waals surface area contributed by atoms with Crippen LogP contribution in [-0.2, 0) is 4.79 Å². The number of hydrogen-bond acceptors (Lipinski definition) is 3. The summed E-state index contributed by atoms with van der Waals surface area (Å²) >= 11 is 3.65. The van der Waals surface area contributed by atoms with Gasteiger partial charge in [-0.2, -0.15) is 12.6 Å². The molecule has 0 bridgehead atoms. The zero-order valence-corrected chi connectivity index (χ0v) is 16.5. The molecule has 0 radical (unpaired) electrons. The Kier molecular flexibility index (Phi) is 23.7. The maximum Gasteiger partial charge on any atom is 0.321 e. The van der Waals surface area contributed by atoms with E-state index in [0.29, 0.717) is 0 Å². The molecule has 0 aliphatic carbocycles. The van der Waals surface area contributed by atoms with E-state index in [0.717, 1.165) is 0 Å². The smallest absolute Gasteiger partial charge is 0.321 e. The van der Waals surface area contributed by atoms with Gasteiger partial charge in [-0.05, 0) is 0 Å². The fraction of sp³-hybridized carbons (Fsp3) is 0.947. The largest absolute Gasteiger partial charge is 0.480 e. The van der Waals surface area contributed by atoms with E-state index in [4.69, 9.17) is 10.8 Å². The molecule has 0 rings (SSSR count). The molecule has 0 aromatic rings. The van der Waals surface area contributed by atoms with Crippen LogP contribution in [-0.4, -0.2) is 22.9 Å². The third kappa shape index (κ3) is 24.2. The Hall–Kier alpha value is -0.220. The number of nitrogens with two attached hydrogens (primary N) is 1. The van der Waals surface area contributed by atoms with Crippen LogP contribution in [0.15, 0.2) is 0 Å². The topological polar surface area (TPSA) is 63.3 Å². The van der Waals surface area contributed by atoms with Crippen LogP contribution in [0.25, 0.3) is 0 Å². The first-order chi connectivity index (χ1) is 11.1. The van der Waals surface area contributed by atoms with Gasteiger partial charge < -0.3 is 10.8 Å².